The lowest BCUT2D eigenvalue weighted by Crippen LogP contribution is -2.51. The van der Waals surface area contributed by atoms with Gasteiger partial charge < -0.3 is 20.9 Å². The first-order valence-electron chi connectivity index (χ1n) is 8.76. The van der Waals surface area contributed by atoms with E-state index in [0.29, 0.717) is 24.3 Å². The molecular weight excluding hydrogens is 328 g/mol. The number of nitrogens with one attached hydrogen (secondary N) is 1. The van der Waals surface area contributed by atoms with Gasteiger partial charge in [0.2, 0.25) is 5.91 Å². The first-order chi connectivity index (χ1) is 12.5. The topological polar surface area (TPSA) is 78.7 Å². The molecule has 1 fully saturated rings. The van der Waals surface area contributed by atoms with Crippen molar-refractivity contribution in [3.05, 3.63) is 59.7 Å². The zero-order chi connectivity index (χ0) is 18.5. The molecule has 3 N–H and O–H groups in total. The predicted molar refractivity (Wildman–Crippen MR) is 103 cm³/mol. The molecule has 2 amide bonds. The summed E-state index contributed by atoms with van der Waals surface area (Å²) in [5, 5.41) is 2.71. The van der Waals surface area contributed by atoms with Gasteiger partial charge in [-0.05, 0) is 36.8 Å². The van der Waals surface area contributed by atoms with Crippen molar-refractivity contribution < 1.29 is 9.59 Å². The third kappa shape index (κ3) is 4.14. The largest absolute Gasteiger partial charge is 0.399 e. The van der Waals surface area contributed by atoms with Crippen molar-refractivity contribution in [1.82, 2.24) is 10.2 Å². The standard InChI is InChI=1S/C20H24N4O2/c1-15-7-8-16(21)13-18(15)20(26)22-14-19(25)24-11-9-23(10-12-24)17-5-3-2-4-6-17/h2-8,13H,9-12,14,21H2,1H3,(H,22,26). The van der Waals surface area contributed by atoms with Gasteiger partial charge in [0, 0.05) is 43.1 Å². The normalized spacial score (nSPS) is 14.2. The van der Waals surface area contributed by atoms with Crippen LogP contribution in [-0.4, -0.2) is 49.4 Å². The highest BCUT2D eigenvalue weighted by molar-refractivity contribution is 5.98. The van der Waals surface area contributed by atoms with Gasteiger partial charge in [-0.25, -0.2) is 0 Å². The van der Waals surface area contributed by atoms with E-state index in [2.05, 4.69) is 22.3 Å². The van der Waals surface area contributed by atoms with E-state index in [4.69, 9.17) is 5.73 Å². The van der Waals surface area contributed by atoms with Gasteiger partial charge in [0.05, 0.1) is 6.54 Å². The van der Waals surface area contributed by atoms with Crippen molar-refractivity contribution in [3.63, 3.8) is 0 Å². The Kier molecular flexibility index (Phi) is 5.41. The van der Waals surface area contributed by atoms with E-state index in [1.165, 1.54) is 5.69 Å². The van der Waals surface area contributed by atoms with Crippen molar-refractivity contribution in [2.45, 2.75) is 6.92 Å². The molecule has 0 spiro atoms. The number of nitrogens with two attached hydrogens (primary N) is 1. The van der Waals surface area contributed by atoms with Crippen molar-refractivity contribution in [2.75, 3.05) is 43.4 Å². The molecule has 26 heavy (non-hydrogen) atoms. The zero-order valence-electron chi connectivity index (χ0n) is 14.9. The Morgan fingerprint density at radius 2 is 1.73 bits per heavy atom. The average Bonchev–Trinajstić information content (AvgIpc) is 2.68. The van der Waals surface area contributed by atoms with Gasteiger partial charge in [0.1, 0.15) is 0 Å². The van der Waals surface area contributed by atoms with Gasteiger partial charge in [-0.3, -0.25) is 9.59 Å². The average molecular weight is 352 g/mol. The number of hydrogen-bond acceptors (Lipinski definition) is 4. The van der Waals surface area contributed by atoms with Crippen molar-refractivity contribution in [2.24, 2.45) is 0 Å². The lowest BCUT2D eigenvalue weighted by Gasteiger charge is -2.36. The van der Waals surface area contributed by atoms with Crippen LogP contribution in [0.3, 0.4) is 0 Å². The molecule has 0 atom stereocenters. The molecule has 0 radical (unpaired) electrons. The number of rotatable bonds is 4. The van der Waals surface area contributed by atoms with E-state index in [-0.39, 0.29) is 18.4 Å². The molecule has 1 heterocycles. The fraction of sp³-hybridized carbons (Fsp3) is 0.300. The minimum Gasteiger partial charge on any atom is -0.399 e. The Labute approximate surface area is 153 Å². The Bertz CT molecular complexity index is 784. The van der Waals surface area contributed by atoms with Crippen molar-refractivity contribution in [3.8, 4) is 0 Å². The Balaban J connectivity index is 1.50. The predicted octanol–water partition coefficient (Wildman–Crippen LogP) is 1.66. The summed E-state index contributed by atoms with van der Waals surface area (Å²) in [4.78, 5) is 28.8. The summed E-state index contributed by atoms with van der Waals surface area (Å²) in [6.45, 7) is 4.73. The van der Waals surface area contributed by atoms with Crippen LogP contribution in [0.4, 0.5) is 11.4 Å². The fourth-order valence-corrected chi connectivity index (χ4v) is 3.10. The number of carbonyl (C=O) groups excluding carboxylic acids is 2. The molecule has 136 valence electrons. The SMILES string of the molecule is Cc1ccc(N)cc1C(=O)NCC(=O)N1CCN(c2ccccc2)CC1. The molecule has 1 aliphatic rings. The first-order valence-corrected chi connectivity index (χ1v) is 8.76. The maximum atomic E-state index is 12.4. The molecule has 0 unspecified atom stereocenters. The minimum atomic E-state index is -0.272. The quantitative estimate of drug-likeness (QED) is 0.820. The first kappa shape index (κ1) is 17.8. The summed E-state index contributed by atoms with van der Waals surface area (Å²) in [6, 6.07) is 15.4. The molecule has 3 rings (SSSR count). The van der Waals surface area contributed by atoms with Crippen LogP contribution in [0.5, 0.6) is 0 Å². The fourth-order valence-electron chi connectivity index (χ4n) is 3.10. The lowest BCUT2D eigenvalue weighted by molar-refractivity contribution is -0.130. The number of nitrogens with zero attached hydrogens (tertiary/aromatic N) is 2. The number of carbonyl (C=O) groups is 2. The monoisotopic (exact) mass is 352 g/mol. The van der Waals surface area contributed by atoms with E-state index >= 15 is 0 Å². The van der Waals surface area contributed by atoms with Crippen molar-refractivity contribution >= 4 is 23.2 Å². The van der Waals surface area contributed by atoms with E-state index in [1.807, 2.05) is 25.1 Å². The molecule has 0 aromatic heterocycles. The third-order valence-corrected chi connectivity index (χ3v) is 4.66. The highest BCUT2D eigenvalue weighted by Crippen LogP contribution is 2.16. The molecule has 1 saturated heterocycles. The third-order valence-electron chi connectivity index (χ3n) is 4.66. The number of aryl methyl sites for hydroxylation is 1. The van der Waals surface area contributed by atoms with Crippen LogP contribution in [0.25, 0.3) is 0 Å². The number of anilines is 2. The smallest absolute Gasteiger partial charge is 0.252 e. The molecule has 2 aromatic carbocycles. The van der Waals surface area contributed by atoms with Crippen LogP contribution in [0, 0.1) is 6.92 Å². The summed E-state index contributed by atoms with van der Waals surface area (Å²) in [5.74, 6) is -0.335. The van der Waals surface area contributed by atoms with Crippen LogP contribution in [0.15, 0.2) is 48.5 Å². The Hall–Kier alpha value is -3.02. The maximum absolute atomic E-state index is 12.4. The summed E-state index contributed by atoms with van der Waals surface area (Å²) in [5.41, 5.74) is 8.78. The number of piperazine rings is 1. The zero-order valence-corrected chi connectivity index (χ0v) is 14.9. The summed E-state index contributed by atoms with van der Waals surface area (Å²) < 4.78 is 0. The number of para-hydroxylation sites is 1. The molecule has 6 nitrogen and oxygen atoms in total. The van der Waals surface area contributed by atoms with Crippen LogP contribution >= 0.6 is 0 Å². The van der Waals surface area contributed by atoms with Crippen LogP contribution < -0.4 is 16.0 Å². The highest BCUT2D eigenvalue weighted by Gasteiger charge is 2.21. The van der Waals surface area contributed by atoms with Gasteiger partial charge in [-0.1, -0.05) is 24.3 Å². The van der Waals surface area contributed by atoms with Gasteiger partial charge in [0.15, 0.2) is 0 Å². The van der Waals surface area contributed by atoms with Gasteiger partial charge in [-0.15, -0.1) is 0 Å². The van der Waals surface area contributed by atoms with Crippen molar-refractivity contribution in [1.29, 1.82) is 0 Å². The minimum absolute atomic E-state index is 0.00158. The molecule has 0 bridgehead atoms. The number of benzene rings is 2. The summed E-state index contributed by atoms with van der Waals surface area (Å²) in [7, 11) is 0. The molecule has 6 heteroatoms. The second-order valence-electron chi connectivity index (χ2n) is 6.46. The molecule has 0 aliphatic carbocycles. The molecule has 1 aliphatic heterocycles. The molecule has 2 aromatic rings. The number of amides is 2. The van der Waals surface area contributed by atoms with Crippen LogP contribution in [0.2, 0.25) is 0 Å². The highest BCUT2D eigenvalue weighted by atomic mass is 16.2. The number of hydrogen-bond donors (Lipinski definition) is 2. The van der Waals surface area contributed by atoms with Crippen LogP contribution in [-0.2, 0) is 4.79 Å². The Morgan fingerprint density at radius 1 is 1.04 bits per heavy atom. The number of nitrogen functional groups attached to an aromatic ring is 1. The summed E-state index contributed by atoms with van der Waals surface area (Å²) >= 11 is 0. The van der Waals surface area contributed by atoms with E-state index in [9.17, 15) is 9.59 Å². The lowest BCUT2D eigenvalue weighted by atomic mass is 10.1. The molecular formula is C20H24N4O2. The molecule has 0 saturated carbocycles. The van der Waals surface area contributed by atoms with Gasteiger partial charge in [-0.2, -0.15) is 0 Å². The summed E-state index contributed by atoms with van der Waals surface area (Å²) in [6.07, 6.45) is 0. The second kappa shape index (κ2) is 7.91. The van der Waals surface area contributed by atoms with E-state index in [0.717, 1.165) is 18.7 Å². The second-order valence-corrected chi connectivity index (χ2v) is 6.46. The van der Waals surface area contributed by atoms with Gasteiger partial charge in [0.25, 0.3) is 5.91 Å². The van der Waals surface area contributed by atoms with Gasteiger partial charge >= 0.3 is 0 Å². The van der Waals surface area contributed by atoms with E-state index < -0.39 is 0 Å². The Morgan fingerprint density at radius 3 is 2.42 bits per heavy atom. The van der Waals surface area contributed by atoms with E-state index in [1.54, 1.807) is 23.1 Å². The maximum Gasteiger partial charge on any atom is 0.252 e. The van der Waals surface area contributed by atoms with Crippen LogP contribution in [0.1, 0.15) is 15.9 Å².